The Balaban J connectivity index is 2.29. The van der Waals surface area contributed by atoms with Crippen molar-refractivity contribution in [1.29, 1.82) is 0 Å². The molecule has 0 fully saturated rings. The molecule has 0 radical (unpaired) electrons. The fourth-order valence-corrected chi connectivity index (χ4v) is 2.57. The fraction of sp³-hybridized carbons (Fsp3) is 0.692. The summed E-state index contributed by atoms with van der Waals surface area (Å²) in [6.45, 7) is 4.09. The lowest BCUT2D eigenvalue weighted by Gasteiger charge is -2.24. The predicted molar refractivity (Wildman–Crippen MR) is 68.2 cm³/mol. The molecule has 1 atom stereocenters. The van der Waals surface area contributed by atoms with Crippen LogP contribution < -0.4 is 5.73 Å². The largest absolute Gasteiger partial charge is 0.468 e. The molecule has 0 aliphatic heterocycles. The molecule has 1 heterocycles. The molecule has 1 aromatic rings. The zero-order valence-electron chi connectivity index (χ0n) is 11.3. The molecule has 0 aromatic carbocycles. The van der Waals surface area contributed by atoms with Crippen LogP contribution in [0.3, 0.4) is 0 Å². The van der Waals surface area contributed by atoms with E-state index in [2.05, 4.69) is 9.55 Å². The van der Waals surface area contributed by atoms with E-state index in [1.165, 1.54) is 31.3 Å². The van der Waals surface area contributed by atoms with Gasteiger partial charge in [0.15, 0.2) is 0 Å². The first-order chi connectivity index (χ1) is 8.45. The molecule has 1 aliphatic carbocycles. The molecule has 2 N–H and O–H groups in total. The Labute approximate surface area is 107 Å². The summed E-state index contributed by atoms with van der Waals surface area (Å²) in [5, 5.41) is 0. The number of aromatic nitrogens is 2. The Kier molecular flexibility index (Phi) is 3.43. The average molecular weight is 251 g/mol. The molecule has 18 heavy (non-hydrogen) atoms. The number of hydrogen-bond donors (Lipinski definition) is 1. The van der Waals surface area contributed by atoms with Crippen molar-refractivity contribution in [2.24, 2.45) is 5.73 Å². The summed E-state index contributed by atoms with van der Waals surface area (Å²) in [5.74, 6) is 0.544. The van der Waals surface area contributed by atoms with Crippen molar-refractivity contribution in [2.75, 3.05) is 7.11 Å². The van der Waals surface area contributed by atoms with Gasteiger partial charge in [-0.1, -0.05) is 0 Å². The lowest BCUT2D eigenvalue weighted by atomic mass is 9.99. The van der Waals surface area contributed by atoms with Gasteiger partial charge in [-0.15, -0.1) is 0 Å². The van der Waals surface area contributed by atoms with Crippen molar-refractivity contribution in [2.45, 2.75) is 51.6 Å². The Morgan fingerprint density at radius 2 is 2.17 bits per heavy atom. The van der Waals surface area contributed by atoms with Gasteiger partial charge in [-0.25, -0.2) is 4.98 Å². The highest BCUT2D eigenvalue weighted by Gasteiger charge is 2.32. The molecule has 5 nitrogen and oxygen atoms in total. The molecule has 0 saturated carbocycles. The van der Waals surface area contributed by atoms with Crippen LogP contribution in [0.2, 0.25) is 0 Å². The minimum Gasteiger partial charge on any atom is -0.468 e. The molecule has 100 valence electrons. The summed E-state index contributed by atoms with van der Waals surface area (Å²) in [6.07, 6.45) is 4.42. The van der Waals surface area contributed by atoms with Gasteiger partial charge >= 0.3 is 5.97 Å². The third-order valence-electron chi connectivity index (χ3n) is 3.56. The van der Waals surface area contributed by atoms with Gasteiger partial charge in [0.1, 0.15) is 11.4 Å². The van der Waals surface area contributed by atoms with Crippen molar-refractivity contribution in [3.05, 3.63) is 17.2 Å². The molecule has 2 rings (SSSR count). The number of hydrogen-bond acceptors (Lipinski definition) is 4. The van der Waals surface area contributed by atoms with Crippen LogP contribution in [0.4, 0.5) is 0 Å². The van der Waals surface area contributed by atoms with Crippen LogP contribution >= 0.6 is 0 Å². The summed E-state index contributed by atoms with van der Waals surface area (Å²) in [6, 6.07) is 0. The van der Waals surface area contributed by atoms with E-state index >= 15 is 0 Å². The van der Waals surface area contributed by atoms with Crippen LogP contribution in [0.5, 0.6) is 0 Å². The molecule has 1 unspecified atom stereocenters. The van der Waals surface area contributed by atoms with Gasteiger partial charge in [-0.3, -0.25) is 4.79 Å². The Morgan fingerprint density at radius 1 is 1.50 bits per heavy atom. The van der Waals surface area contributed by atoms with Gasteiger partial charge in [0.2, 0.25) is 0 Å². The smallest absolute Gasteiger partial charge is 0.327 e. The van der Waals surface area contributed by atoms with Crippen LogP contribution in [0.15, 0.2) is 0 Å². The van der Waals surface area contributed by atoms with Crippen molar-refractivity contribution in [3.63, 3.8) is 0 Å². The standard InChI is InChI=1S/C13H21N3O2/c1-9-15-10-6-4-5-7-11(10)16(9)8-13(2,14)12(17)18-3/h4-8,14H2,1-3H3. The van der Waals surface area contributed by atoms with Gasteiger partial charge < -0.3 is 15.0 Å². The van der Waals surface area contributed by atoms with E-state index in [0.29, 0.717) is 6.54 Å². The number of ether oxygens (including phenoxy) is 1. The maximum Gasteiger partial charge on any atom is 0.327 e. The first-order valence-corrected chi connectivity index (χ1v) is 6.38. The number of carbonyl (C=O) groups excluding carboxylic acids is 1. The number of fused-ring (bicyclic) bond motifs is 1. The molecule has 0 saturated heterocycles. The van der Waals surface area contributed by atoms with E-state index in [4.69, 9.17) is 10.5 Å². The number of esters is 1. The fourth-order valence-electron chi connectivity index (χ4n) is 2.57. The lowest BCUT2D eigenvalue weighted by molar-refractivity contribution is -0.146. The molecule has 5 heteroatoms. The SMILES string of the molecule is COC(=O)C(C)(N)Cn1c(C)nc2c1CCCC2. The monoisotopic (exact) mass is 251 g/mol. The van der Waals surface area contributed by atoms with E-state index < -0.39 is 5.54 Å². The molecule has 0 bridgehead atoms. The van der Waals surface area contributed by atoms with Crippen molar-refractivity contribution < 1.29 is 9.53 Å². The minimum atomic E-state index is -1.01. The second-order valence-electron chi connectivity index (χ2n) is 5.25. The predicted octanol–water partition coefficient (Wildman–Crippen LogP) is 0.961. The number of carbonyl (C=O) groups is 1. The molecule has 0 amide bonds. The summed E-state index contributed by atoms with van der Waals surface area (Å²) >= 11 is 0. The van der Waals surface area contributed by atoms with Crippen LogP contribution in [0.1, 0.15) is 37.0 Å². The average Bonchev–Trinajstić information content (AvgIpc) is 2.65. The summed E-state index contributed by atoms with van der Waals surface area (Å²) in [7, 11) is 1.36. The number of aryl methyl sites for hydroxylation is 2. The van der Waals surface area contributed by atoms with E-state index in [9.17, 15) is 4.79 Å². The van der Waals surface area contributed by atoms with Crippen LogP contribution in [0.25, 0.3) is 0 Å². The number of methoxy groups -OCH3 is 1. The molecule has 1 aliphatic rings. The van der Waals surface area contributed by atoms with E-state index in [1.54, 1.807) is 6.92 Å². The zero-order chi connectivity index (χ0) is 13.3. The number of nitrogens with zero attached hydrogens (tertiary/aromatic N) is 2. The molecule has 0 spiro atoms. The Hall–Kier alpha value is -1.36. The summed E-state index contributed by atoms with van der Waals surface area (Å²) in [5.41, 5.74) is 7.43. The van der Waals surface area contributed by atoms with Crippen LogP contribution in [0, 0.1) is 6.92 Å². The van der Waals surface area contributed by atoms with Gasteiger partial charge in [0.05, 0.1) is 19.3 Å². The number of rotatable bonds is 3. The van der Waals surface area contributed by atoms with Crippen LogP contribution in [-0.2, 0) is 28.9 Å². The number of nitrogens with two attached hydrogens (primary N) is 1. The Morgan fingerprint density at radius 3 is 2.83 bits per heavy atom. The van der Waals surface area contributed by atoms with Crippen molar-refractivity contribution in [3.8, 4) is 0 Å². The zero-order valence-corrected chi connectivity index (χ0v) is 11.3. The first-order valence-electron chi connectivity index (χ1n) is 6.38. The number of imidazole rings is 1. The van der Waals surface area contributed by atoms with Gasteiger partial charge in [0, 0.05) is 5.69 Å². The first kappa shape index (κ1) is 13.1. The molecule has 1 aromatic heterocycles. The second-order valence-corrected chi connectivity index (χ2v) is 5.25. The second kappa shape index (κ2) is 4.72. The summed E-state index contributed by atoms with van der Waals surface area (Å²) in [4.78, 5) is 16.2. The van der Waals surface area contributed by atoms with Gasteiger partial charge in [-0.2, -0.15) is 0 Å². The Bertz CT molecular complexity index is 463. The van der Waals surface area contributed by atoms with Crippen molar-refractivity contribution >= 4 is 5.97 Å². The quantitative estimate of drug-likeness (QED) is 0.812. The highest BCUT2D eigenvalue weighted by atomic mass is 16.5. The minimum absolute atomic E-state index is 0.389. The van der Waals surface area contributed by atoms with Crippen molar-refractivity contribution in [1.82, 2.24) is 9.55 Å². The lowest BCUT2D eigenvalue weighted by Crippen LogP contribution is -2.49. The normalized spacial score (nSPS) is 18.0. The van der Waals surface area contributed by atoms with E-state index in [1.807, 2.05) is 6.92 Å². The highest BCUT2D eigenvalue weighted by Crippen LogP contribution is 2.23. The third-order valence-corrected chi connectivity index (χ3v) is 3.56. The van der Waals surface area contributed by atoms with E-state index in [-0.39, 0.29) is 5.97 Å². The molecular formula is C13H21N3O2. The van der Waals surface area contributed by atoms with Gasteiger partial charge in [-0.05, 0) is 39.5 Å². The maximum absolute atomic E-state index is 11.7. The van der Waals surface area contributed by atoms with Crippen LogP contribution in [-0.4, -0.2) is 28.2 Å². The molecular weight excluding hydrogens is 230 g/mol. The topological polar surface area (TPSA) is 70.1 Å². The summed E-state index contributed by atoms with van der Waals surface area (Å²) < 4.78 is 6.82. The van der Waals surface area contributed by atoms with E-state index in [0.717, 1.165) is 18.7 Å². The third kappa shape index (κ3) is 2.27. The maximum atomic E-state index is 11.7. The highest BCUT2D eigenvalue weighted by molar-refractivity contribution is 5.79. The van der Waals surface area contributed by atoms with Gasteiger partial charge in [0.25, 0.3) is 0 Å².